The highest BCUT2D eigenvalue weighted by atomic mass is 32.2. The monoisotopic (exact) mass is 343 g/mol. The van der Waals surface area contributed by atoms with Crippen LogP contribution in [0.15, 0.2) is 24.3 Å². The molecule has 0 unspecified atom stereocenters. The summed E-state index contributed by atoms with van der Waals surface area (Å²) >= 11 is -1.48. The van der Waals surface area contributed by atoms with E-state index in [1.807, 2.05) is 20.8 Å². The molecule has 0 fully saturated rings. The van der Waals surface area contributed by atoms with Gasteiger partial charge in [-0.05, 0) is 47.6 Å². The van der Waals surface area contributed by atoms with Gasteiger partial charge in [-0.25, -0.2) is 4.39 Å². The van der Waals surface area contributed by atoms with Crippen molar-refractivity contribution in [2.75, 3.05) is 6.61 Å². The van der Waals surface area contributed by atoms with E-state index in [1.54, 1.807) is 39.0 Å². The summed E-state index contributed by atoms with van der Waals surface area (Å²) in [5.41, 5.74) is -0.867. The van der Waals surface area contributed by atoms with Gasteiger partial charge in [-0.15, -0.1) is 4.72 Å². The molecular formula is C17H26FNO3S. The van der Waals surface area contributed by atoms with Gasteiger partial charge in [-0.1, -0.05) is 18.2 Å². The third-order valence-corrected chi connectivity index (χ3v) is 5.52. The second kappa shape index (κ2) is 7.64. The lowest BCUT2D eigenvalue weighted by Crippen LogP contribution is -2.55. The number of rotatable bonds is 6. The summed E-state index contributed by atoms with van der Waals surface area (Å²) in [5, 5.41) is 0. The summed E-state index contributed by atoms with van der Waals surface area (Å²) in [6, 6.07) is 6.19. The van der Waals surface area contributed by atoms with Crippen LogP contribution in [0.1, 0.15) is 47.1 Å². The smallest absolute Gasteiger partial charge is 0.311 e. The highest BCUT2D eigenvalue weighted by molar-refractivity contribution is 7.90. The molecule has 23 heavy (non-hydrogen) atoms. The number of hydrogen-bond donors (Lipinski definition) is 1. The first-order valence-electron chi connectivity index (χ1n) is 7.65. The van der Waals surface area contributed by atoms with Crippen molar-refractivity contribution in [1.29, 1.82) is 0 Å². The Morgan fingerprint density at radius 2 is 1.91 bits per heavy atom. The molecule has 0 aromatic heterocycles. The second-order valence-electron chi connectivity index (χ2n) is 6.64. The van der Waals surface area contributed by atoms with Crippen molar-refractivity contribution in [2.24, 2.45) is 5.92 Å². The van der Waals surface area contributed by atoms with Crippen molar-refractivity contribution >= 4 is 17.3 Å². The van der Waals surface area contributed by atoms with Crippen molar-refractivity contribution in [3.05, 3.63) is 35.6 Å². The van der Waals surface area contributed by atoms with Crippen molar-refractivity contribution in [1.82, 2.24) is 4.72 Å². The molecule has 1 N–H and O–H groups in total. The third-order valence-electron chi connectivity index (χ3n) is 3.80. The minimum atomic E-state index is -1.48. The molecule has 0 bridgehead atoms. The minimum Gasteiger partial charge on any atom is -0.598 e. The molecule has 6 heteroatoms. The quantitative estimate of drug-likeness (QED) is 0.636. The zero-order valence-electron chi connectivity index (χ0n) is 14.6. The Morgan fingerprint density at radius 3 is 2.39 bits per heavy atom. The van der Waals surface area contributed by atoms with Crippen molar-refractivity contribution in [2.45, 2.75) is 51.8 Å². The number of halogens is 1. The number of ether oxygens (including phenoxy) is 1. The molecule has 0 aliphatic rings. The normalized spacial score (nSPS) is 17.2. The van der Waals surface area contributed by atoms with Crippen LogP contribution in [0.2, 0.25) is 0 Å². The maximum atomic E-state index is 14.4. The van der Waals surface area contributed by atoms with E-state index in [1.165, 1.54) is 6.07 Å². The Balaban J connectivity index is 3.30. The van der Waals surface area contributed by atoms with Crippen LogP contribution in [-0.2, 0) is 26.4 Å². The van der Waals surface area contributed by atoms with Gasteiger partial charge in [0.15, 0.2) is 0 Å². The highest BCUT2D eigenvalue weighted by Gasteiger charge is 2.45. The number of nitrogens with one attached hydrogen (secondary N) is 1. The van der Waals surface area contributed by atoms with Crippen LogP contribution < -0.4 is 4.72 Å². The Labute approximate surface area is 141 Å². The summed E-state index contributed by atoms with van der Waals surface area (Å²) < 4.78 is 34.4. The fraction of sp³-hybridized carbons (Fsp3) is 0.588. The first kappa shape index (κ1) is 19.9. The zero-order chi connectivity index (χ0) is 17.8. The molecule has 0 saturated carbocycles. The van der Waals surface area contributed by atoms with E-state index in [0.29, 0.717) is 0 Å². The molecule has 0 amide bonds. The maximum absolute atomic E-state index is 14.4. The molecule has 0 heterocycles. The van der Waals surface area contributed by atoms with Gasteiger partial charge in [0.1, 0.15) is 16.1 Å². The van der Waals surface area contributed by atoms with Crippen molar-refractivity contribution in [3.8, 4) is 0 Å². The summed E-state index contributed by atoms with van der Waals surface area (Å²) in [6.07, 6.45) is 0. The predicted octanol–water partition coefficient (Wildman–Crippen LogP) is 3.29. The van der Waals surface area contributed by atoms with Gasteiger partial charge >= 0.3 is 5.97 Å². The summed E-state index contributed by atoms with van der Waals surface area (Å²) in [4.78, 5) is 12.2. The van der Waals surface area contributed by atoms with E-state index in [9.17, 15) is 13.7 Å². The lowest BCUT2D eigenvalue weighted by molar-refractivity contribution is -0.150. The van der Waals surface area contributed by atoms with Crippen LogP contribution in [0, 0.1) is 11.7 Å². The second-order valence-corrected chi connectivity index (χ2v) is 8.61. The van der Waals surface area contributed by atoms with Gasteiger partial charge < -0.3 is 9.29 Å². The average Bonchev–Trinajstić information content (AvgIpc) is 2.45. The van der Waals surface area contributed by atoms with Gasteiger partial charge in [-0.2, -0.15) is 0 Å². The number of carbonyl (C=O) groups excluding carboxylic acids is 1. The molecular weight excluding hydrogens is 317 g/mol. The van der Waals surface area contributed by atoms with Crippen molar-refractivity contribution < 1.29 is 18.5 Å². The van der Waals surface area contributed by atoms with E-state index in [4.69, 9.17) is 4.74 Å². The van der Waals surface area contributed by atoms with Crippen molar-refractivity contribution in [3.63, 3.8) is 0 Å². The topological polar surface area (TPSA) is 61.4 Å². The fourth-order valence-corrected chi connectivity index (χ4v) is 3.09. The van der Waals surface area contributed by atoms with Crippen LogP contribution >= 0.6 is 0 Å². The van der Waals surface area contributed by atoms with Gasteiger partial charge in [-0.3, -0.25) is 4.79 Å². The van der Waals surface area contributed by atoms with Crippen LogP contribution in [0.3, 0.4) is 0 Å². The summed E-state index contributed by atoms with van der Waals surface area (Å²) in [5.74, 6) is -1.63. The zero-order valence-corrected chi connectivity index (χ0v) is 15.4. The molecule has 0 radical (unpaired) electrons. The Hall–Kier alpha value is -1.11. The molecule has 1 aromatic carbocycles. The van der Waals surface area contributed by atoms with E-state index in [2.05, 4.69) is 4.72 Å². The summed E-state index contributed by atoms with van der Waals surface area (Å²) in [6.45, 7) is 10.7. The average molecular weight is 343 g/mol. The first-order chi connectivity index (χ1) is 10.5. The molecule has 0 aliphatic carbocycles. The molecule has 130 valence electrons. The summed E-state index contributed by atoms with van der Waals surface area (Å²) in [7, 11) is 0. The SMILES string of the molecule is CCOC(=O)[C@@H](C)[C@](C)(N[S@+]([O-])C(C)(C)C)c1ccccc1F. The molecule has 1 aromatic rings. The number of hydrogen-bond acceptors (Lipinski definition) is 4. The van der Waals surface area contributed by atoms with Gasteiger partial charge in [0.2, 0.25) is 0 Å². The number of esters is 1. The van der Waals surface area contributed by atoms with E-state index in [-0.39, 0.29) is 12.2 Å². The predicted molar refractivity (Wildman–Crippen MR) is 90.6 cm³/mol. The number of carbonyl (C=O) groups is 1. The molecule has 3 atom stereocenters. The molecule has 0 aliphatic heterocycles. The Kier molecular flexibility index (Phi) is 6.62. The molecule has 1 rings (SSSR count). The maximum Gasteiger partial charge on any atom is 0.311 e. The Morgan fingerprint density at radius 1 is 1.35 bits per heavy atom. The third kappa shape index (κ3) is 4.68. The minimum absolute atomic E-state index is 0.235. The molecule has 4 nitrogen and oxygen atoms in total. The van der Waals surface area contributed by atoms with Crippen LogP contribution in [0.4, 0.5) is 4.39 Å². The van der Waals surface area contributed by atoms with Gasteiger partial charge in [0.05, 0.1) is 12.5 Å². The molecule has 0 saturated heterocycles. The Bertz CT molecular complexity index is 547. The van der Waals surface area contributed by atoms with E-state index in [0.717, 1.165) is 0 Å². The fourth-order valence-electron chi connectivity index (χ4n) is 2.11. The first-order valence-corrected chi connectivity index (χ1v) is 8.80. The standard InChI is InChI=1S/C17H26FNO3S/c1-7-22-15(20)12(2)17(6,19-23(21)16(3,4)5)13-10-8-9-11-14(13)18/h8-12,19H,7H2,1-6H3/t12-,17+,23-/m1/s1. The highest BCUT2D eigenvalue weighted by Crippen LogP contribution is 2.34. The number of benzene rings is 1. The molecule has 0 spiro atoms. The lowest BCUT2D eigenvalue weighted by atomic mass is 9.81. The van der Waals surface area contributed by atoms with Gasteiger partial charge in [0.25, 0.3) is 0 Å². The van der Waals surface area contributed by atoms with Gasteiger partial charge in [0, 0.05) is 16.9 Å². The lowest BCUT2D eigenvalue weighted by Gasteiger charge is -2.38. The van der Waals surface area contributed by atoms with Crippen LogP contribution in [0.25, 0.3) is 0 Å². The van der Waals surface area contributed by atoms with Crippen LogP contribution in [-0.4, -0.2) is 21.9 Å². The van der Waals surface area contributed by atoms with E-state index >= 15 is 0 Å². The van der Waals surface area contributed by atoms with E-state index < -0.39 is 39.4 Å². The largest absolute Gasteiger partial charge is 0.598 e. The van der Waals surface area contributed by atoms with Crippen LogP contribution in [0.5, 0.6) is 0 Å².